The first-order chi connectivity index (χ1) is 17.9. The molecule has 0 saturated heterocycles. The molecule has 0 saturated carbocycles. The van der Waals surface area contributed by atoms with Gasteiger partial charge in [0.25, 0.3) is 0 Å². The van der Waals surface area contributed by atoms with Crippen molar-refractivity contribution in [2.24, 2.45) is 0 Å². The quantitative estimate of drug-likeness (QED) is 0.332. The first kappa shape index (κ1) is 15.6. The van der Waals surface area contributed by atoms with E-state index < -0.39 is 19.3 Å². The fourth-order valence-corrected chi connectivity index (χ4v) is 3.69. The second kappa shape index (κ2) is 9.52. The molecular weight excluding hydrogens is 414 g/mol. The number of fused-ring (bicyclic) bond motifs is 1. The number of allylic oxidation sites excluding steroid dienone is 1. The van der Waals surface area contributed by atoms with E-state index in [0.717, 1.165) is 27.7 Å². The number of halogens is 1. The van der Waals surface area contributed by atoms with Gasteiger partial charge in [-0.05, 0) is 72.7 Å². The minimum absolute atomic E-state index is 0.120. The highest BCUT2D eigenvalue weighted by Gasteiger charge is 2.18. The van der Waals surface area contributed by atoms with Crippen molar-refractivity contribution in [1.82, 2.24) is 4.98 Å². The largest absolute Gasteiger partial charge is 0.386 e. The molecule has 4 rings (SSSR count). The van der Waals surface area contributed by atoms with Gasteiger partial charge in [-0.15, -0.1) is 0 Å². The molecule has 160 valence electrons. The van der Waals surface area contributed by atoms with Crippen LogP contribution in [0.4, 0.5) is 0 Å². The van der Waals surface area contributed by atoms with Gasteiger partial charge in [-0.1, -0.05) is 84.4 Å². The van der Waals surface area contributed by atoms with Crippen LogP contribution >= 0.6 is 11.6 Å². The molecule has 0 fully saturated rings. The molecule has 0 radical (unpaired) electrons. The van der Waals surface area contributed by atoms with Gasteiger partial charge in [-0.3, -0.25) is 0 Å². The van der Waals surface area contributed by atoms with Gasteiger partial charge in [0.05, 0.1) is 16.8 Å². The highest BCUT2D eigenvalue weighted by atomic mass is 35.5. The van der Waals surface area contributed by atoms with Crippen LogP contribution in [0.25, 0.3) is 29.1 Å². The van der Waals surface area contributed by atoms with Gasteiger partial charge in [-0.2, -0.15) is 0 Å². The first-order valence-electron chi connectivity index (χ1n) is 13.2. The maximum absolute atomic E-state index is 10.9. The Morgan fingerprint density at radius 3 is 2.53 bits per heavy atom. The zero-order valence-electron chi connectivity index (χ0n) is 23.3. The third kappa shape index (κ3) is 5.53. The normalized spacial score (nSPS) is 15.8. The van der Waals surface area contributed by atoms with E-state index in [-0.39, 0.29) is 12.0 Å². The molecule has 0 unspecified atom stereocenters. The average molecular weight is 446 g/mol. The van der Waals surface area contributed by atoms with E-state index in [1.54, 1.807) is 12.1 Å². The maximum Gasteiger partial charge on any atom is 0.0843 e. The minimum atomic E-state index is -3.13. The molecule has 1 heterocycles. The van der Waals surface area contributed by atoms with Gasteiger partial charge in [0.1, 0.15) is 0 Å². The van der Waals surface area contributed by atoms with Crippen molar-refractivity contribution in [1.29, 1.82) is 0 Å². The molecule has 4 aromatic rings. The zero-order valence-corrected chi connectivity index (χ0v) is 18.1. The molecule has 3 aromatic carbocycles. The van der Waals surface area contributed by atoms with Crippen LogP contribution < -0.4 is 0 Å². The highest BCUT2D eigenvalue weighted by Crippen LogP contribution is 2.24. The topological polar surface area (TPSA) is 33.1 Å². The Bertz CT molecular complexity index is 1490. The molecule has 0 aliphatic heterocycles. The number of hydrogen-bond acceptors (Lipinski definition) is 2. The van der Waals surface area contributed by atoms with Gasteiger partial charge < -0.3 is 5.11 Å². The van der Waals surface area contributed by atoms with Gasteiger partial charge >= 0.3 is 0 Å². The summed E-state index contributed by atoms with van der Waals surface area (Å²) in [6, 6.07) is 23.5. The van der Waals surface area contributed by atoms with E-state index >= 15 is 0 Å². The van der Waals surface area contributed by atoms with E-state index in [0.29, 0.717) is 10.6 Å². The van der Waals surface area contributed by atoms with Crippen LogP contribution in [-0.4, -0.2) is 10.1 Å². The molecule has 0 bridgehead atoms. The van der Waals surface area contributed by atoms with Crippen molar-refractivity contribution in [2.75, 3.05) is 0 Å². The number of pyridine rings is 1. The van der Waals surface area contributed by atoms with Crippen LogP contribution in [0.3, 0.4) is 0 Å². The predicted molar refractivity (Wildman–Crippen MR) is 137 cm³/mol. The summed E-state index contributed by atoms with van der Waals surface area (Å²) in [5.74, 6) is 0. The number of hydrogen-bond donors (Lipinski definition) is 1. The van der Waals surface area contributed by atoms with Crippen molar-refractivity contribution >= 4 is 40.7 Å². The molecule has 0 aliphatic rings. The van der Waals surface area contributed by atoms with Gasteiger partial charge in [0.15, 0.2) is 0 Å². The number of aliphatic hydroxyl groups is 1. The van der Waals surface area contributed by atoms with Crippen molar-refractivity contribution < 1.29 is 13.3 Å². The summed E-state index contributed by atoms with van der Waals surface area (Å²) in [7, 11) is 0. The van der Waals surface area contributed by atoms with Gasteiger partial charge in [-0.25, -0.2) is 4.98 Å². The summed E-state index contributed by atoms with van der Waals surface area (Å²) in [6.45, 7) is -6.27. The Morgan fingerprint density at radius 1 is 0.906 bits per heavy atom. The lowest BCUT2D eigenvalue weighted by Crippen LogP contribution is -2.17. The van der Waals surface area contributed by atoms with E-state index in [9.17, 15) is 5.11 Å². The third-order valence-corrected chi connectivity index (χ3v) is 5.32. The van der Waals surface area contributed by atoms with E-state index in [1.807, 2.05) is 78.9 Å². The second-order valence-corrected chi connectivity index (χ2v) is 7.99. The summed E-state index contributed by atoms with van der Waals surface area (Å²) in [5.41, 5.74) is 0.818. The van der Waals surface area contributed by atoms with Crippen LogP contribution in [0.15, 0.2) is 84.9 Å². The van der Waals surface area contributed by atoms with Crippen LogP contribution in [0.5, 0.6) is 0 Å². The molecule has 32 heavy (non-hydrogen) atoms. The van der Waals surface area contributed by atoms with Crippen molar-refractivity contribution in [3.05, 3.63) is 118 Å². The van der Waals surface area contributed by atoms with Crippen LogP contribution in [0.1, 0.15) is 49.9 Å². The van der Waals surface area contributed by atoms with Crippen molar-refractivity contribution in [3.8, 4) is 0 Å². The first-order valence-corrected chi connectivity index (χ1v) is 10.6. The Hall–Kier alpha value is -3.20. The number of aromatic nitrogens is 1. The van der Waals surface area contributed by atoms with Crippen molar-refractivity contribution in [3.63, 3.8) is 0 Å². The van der Waals surface area contributed by atoms with Gasteiger partial charge in [0, 0.05) is 18.6 Å². The lowest BCUT2D eigenvalue weighted by atomic mass is 9.91. The lowest BCUT2D eigenvalue weighted by molar-refractivity contribution is 0.0777. The molecule has 0 atom stereocenters. The molecule has 1 aromatic heterocycles. The molecule has 3 heteroatoms. The molecular formula is C29H26ClNO. The minimum Gasteiger partial charge on any atom is -0.386 e. The third-order valence-electron chi connectivity index (χ3n) is 5.09. The summed E-state index contributed by atoms with van der Waals surface area (Å²) in [4.78, 5) is 4.63. The Labute approximate surface area is 203 Å². The predicted octanol–water partition coefficient (Wildman–Crippen LogP) is 7.54. The Kier molecular flexibility index (Phi) is 4.63. The van der Waals surface area contributed by atoms with Crippen molar-refractivity contribution in [2.45, 2.75) is 25.7 Å². The van der Waals surface area contributed by atoms with Crippen LogP contribution in [-0.2, 0) is 12.0 Å². The maximum atomic E-state index is 10.9. The Balaban J connectivity index is 1.54. The van der Waals surface area contributed by atoms with Crippen LogP contribution in [0, 0.1) is 0 Å². The molecule has 1 N–H and O–H groups in total. The fourth-order valence-electron chi connectivity index (χ4n) is 3.52. The lowest BCUT2D eigenvalue weighted by Gasteiger charge is -2.21. The standard InChI is InChI=1S/C29H26ClNO/c1-29(2,32)27-12-4-3-10-23(27)11-6-9-21-7-5-8-22(19-21)13-17-26-18-15-24-14-16-25(30)20-28(24)31-26/h3-10,12-20,32H,11H2,1-2H3/b9-6+,17-13+/i1D3,2D3. The SMILES string of the molecule is [2H]C([2H])([2H])C(O)(c1ccccc1C/C=C/c1cccc(/C=C/c2ccc3ccc(Cl)cc3n2)c1)C([2H])([2H])[2H]. The molecule has 0 spiro atoms. The van der Waals surface area contributed by atoms with Gasteiger partial charge in [0.2, 0.25) is 0 Å². The number of benzene rings is 3. The Morgan fingerprint density at radius 2 is 1.69 bits per heavy atom. The molecule has 0 aliphatic carbocycles. The fraction of sp³-hybridized carbons (Fsp3) is 0.138. The smallest absolute Gasteiger partial charge is 0.0843 e. The van der Waals surface area contributed by atoms with E-state index in [4.69, 9.17) is 19.8 Å². The second-order valence-electron chi connectivity index (χ2n) is 7.55. The monoisotopic (exact) mass is 445 g/mol. The summed E-state index contributed by atoms with van der Waals surface area (Å²) in [6.07, 6.45) is 7.81. The summed E-state index contributed by atoms with van der Waals surface area (Å²) in [5, 5.41) is 12.6. The number of rotatable bonds is 6. The van der Waals surface area contributed by atoms with E-state index in [2.05, 4.69) is 4.98 Å². The molecule has 0 amide bonds. The van der Waals surface area contributed by atoms with Crippen LogP contribution in [0.2, 0.25) is 5.02 Å². The molecule has 2 nitrogen and oxygen atoms in total. The summed E-state index contributed by atoms with van der Waals surface area (Å²) >= 11 is 6.09. The van der Waals surface area contributed by atoms with E-state index in [1.165, 1.54) is 12.1 Å². The zero-order chi connectivity index (χ0) is 27.6. The summed E-state index contributed by atoms with van der Waals surface area (Å²) < 4.78 is 46.5. The number of nitrogens with zero attached hydrogens (tertiary/aromatic N) is 1. The highest BCUT2D eigenvalue weighted by molar-refractivity contribution is 6.31. The average Bonchev–Trinajstić information content (AvgIpc) is 2.86.